The molecule has 5 heteroatoms. The van der Waals surface area contributed by atoms with Gasteiger partial charge in [0.2, 0.25) is 0 Å². The molecule has 1 aliphatic heterocycles. The first-order chi connectivity index (χ1) is 13.3. The van der Waals surface area contributed by atoms with Crippen LogP contribution in [0.2, 0.25) is 0 Å². The Hall–Kier alpha value is -2.56. The predicted molar refractivity (Wildman–Crippen MR) is 107 cm³/mol. The zero-order chi connectivity index (χ0) is 18.6. The summed E-state index contributed by atoms with van der Waals surface area (Å²) < 4.78 is 5.76. The fraction of sp³-hybridized carbons (Fsp3) is 0.455. The second-order valence-electron chi connectivity index (χ2n) is 7.22. The van der Waals surface area contributed by atoms with Crippen molar-refractivity contribution in [2.45, 2.75) is 32.6 Å². The van der Waals surface area contributed by atoms with E-state index in [-0.39, 0.29) is 5.91 Å². The van der Waals surface area contributed by atoms with E-state index in [2.05, 4.69) is 22.0 Å². The Kier molecular flexibility index (Phi) is 5.28. The van der Waals surface area contributed by atoms with Gasteiger partial charge in [0.25, 0.3) is 5.91 Å². The van der Waals surface area contributed by atoms with E-state index in [1.54, 1.807) is 6.20 Å². The lowest BCUT2D eigenvalue weighted by atomic mass is 9.95. The van der Waals surface area contributed by atoms with Crippen molar-refractivity contribution in [3.05, 3.63) is 53.3 Å². The summed E-state index contributed by atoms with van der Waals surface area (Å²) in [4.78, 5) is 21.8. The van der Waals surface area contributed by atoms with Crippen LogP contribution in [-0.2, 0) is 12.8 Å². The molecule has 1 aliphatic carbocycles. The number of aromatic nitrogens is 1. The van der Waals surface area contributed by atoms with Crippen molar-refractivity contribution in [1.82, 2.24) is 9.88 Å². The van der Waals surface area contributed by atoms with Gasteiger partial charge in [-0.25, -0.2) is 0 Å². The maximum absolute atomic E-state index is 12.9. The van der Waals surface area contributed by atoms with Crippen LogP contribution in [-0.4, -0.2) is 48.6 Å². The number of nitrogens with zero attached hydrogens (tertiary/aromatic N) is 3. The number of piperazine rings is 1. The number of para-hydroxylation sites is 2. The summed E-state index contributed by atoms with van der Waals surface area (Å²) in [5.74, 6) is 1.02. The number of carbonyl (C=O) groups is 1. The molecule has 2 aromatic rings. The smallest absolute Gasteiger partial charge is 0.255 e. The number of hydrogen-bond acceptors (Lipinski definition) is 4. The molecule has 0 spiro atoms. The maximum Gasteiger partial charge on any atom is 0.255 e. The van der Waals surface area contributed by atoms with Gasteiger partial charge in [0, 0.05) is 38.1 Å². The van der Waals surface area contributed by atoms with Crippen LogP contribution < -0.4 is 9.64 Å². The number of hydrogen-bond donors (Lipinski definition) is 0. The first-order valence-electron chi connectivity index (χ1n) is 10.00. The summed E-state index contributed by atoms with van der Waals surface area (Å²) >= 11 is 0. The van der Waals surface area contributed by atoms with Gasteiger partial charge in [-0.2, -0.15) is 0 Å². The van der Waals surface area contributed by atoms with Crippen LogP contribution in [0.4, 0.5) is 5.69 Å². The second kappa shape index (κ2) is 7.99. The van der Waals surface area contributed by atoms with Crippen LogP contribution in [0.3, 0.4) is 0 Å². The van der Waals surface area contributed by atoms with E-state index in [1.165, 1.54) is 24.1 Å². The molecule has 2 aliphatic rings. The number of anilines is 1. The Morgan fingerprint density at radius 2 is 1.89 bits per heavy atom. The highest BCUT2D eigenvalue weighted by Crippen LogP contribution is 2.29. The zero-order valence-electron chi connectivity index (χ0n) is 16.0. The van der Waals surface area contributed by atoms with E-state index in [4.69, 9.17) is 4.74 Å². The molecule has 1 amide bonds. The van der Waals surface area contributed by atoms with Crippen molar-refractivity contribution >= 4 is 11.6 Å². The van der Waals surface area contributed by atoms with Crippen LogP contribution in [0.15, 0.2) is 36.5 Å². The van der Waals surface area contributed by atoms with Gasteiger partial charge in [-0.1, -0.05) is 12.1 Å². The van der Waals surface area contributed by atoms with E-state index in [1.807, 2.05) is 30.0 Å². The Morgan fingerprint density at radius 1 is 1.11 bits per heavy atom. The Bertz CT molecular complexity index is 813. The fourth-order valence-corrected chi connectivity index (χ4v) is 4.03. The molecule has 0 bridgehead atoms. The molecule has 5 nitrogen and oxygen atoms in total. The van der Waals surface area contributed by atoms with Crippen LogP contribution >= 0.6 is 0 Å². The molecule has 142 valence electrons. The summed E-state index contributed by atoms with van der Waals surface area (Å²) in [6.07, 6.45) is 6.26. The molecule has 1 aromatic heterocycles. The van der Waals surface area contributed by atoms with Gasteiger partial charge in [-0.05, 0) is 56.4 Å². The molecule has 1 saturated heterocycles. The Morgan fingerprint density at radius 3 is 2.70 bits per heavy atom. The van der Waals surface area contributed by atoms with Gasteiger partial charge in [-0.3, -0.25) is 9.78 Å². The molecule has 4 rings (SSSR count). The molecule has 27 heavy (non-hydrogen) atoms. The van der Waals surface area contributed by atoms with Gasteiger partial charge >= 0.3 is 0 Å². The summed E-state index contributed by atoms with van der Waals surface area (Å²) in [6.45, 7) is 5.72. The molecule has 2 heterocycles. The summed E-state index contributed by atoms with van der Waals surface area (Å²) in [5.41, 5.74) is 4.28. The lowest BCUT2D eigenvalue weighted by Crippen LogP contribution is -2.49. The molecule has 1 aromatic carbocycles. The monoisotopic (exact) mass is 365 g/mol. The van der Waals surface area contributed by atoms with Crippen LogP contribution in [0, 0.1) is 0 Å². The maximum atomic E-state index is 12.9. The number of amides is 1. The van der Waals surface area contributed by atoms with Crippen molar-refractivity contribution in [3.8, 4) is 5.75 Å². The minimum atomic E-state index is 0.105. The molecular weight excluding hydrogens is 338 g/mol. The number of benzene rings is 1. The number of fused-ring (bicyclic) bond motifs is 1. The van der Waals surface area contributed by atoms with Crippen molar-refractivity contribution in [2.24, 2.45) is 0 Å². The minimum absolute atomic E-state index is 0.105. The minimum Gasteiger partial charge on any atom is -0.492 e. The third-order valence-corrected chi connectivity index (χ3v) is 5.49. The quantitative estimate of drug-likeness (QED) is 0.834. The third kappa shape index (κ3) is 3.77. The number of rotatable bonds is 4. The number of pyridine rings is 1. The summed E-state index contributed by atoms with van der Waals surface area (Å²) in [5, 5.41) is 0. The molecule has 0 atom stereocenters. The Balaban J connectivity index is 1.43. The van der Waals surface area contributed by atoms with Crippen LogP contribution in [0.5, 0.6) is 5.75 Å². The first kappa shape index (κ1) is 17.8. The molecule has 1 fully saturated rings. The van der Waals surface area contributed by atoms with Crippen molar-refractivity contribution in [3.63, 3.8) is 0 Å². The average Bonchev–Trinajstić information content (AvgIpc) is 2.74. The topological polar surface area (TPSA) is 45.7 Å². The zero-order valence-corrected chi connectivity index (χ0v) is 16.0. The second-order valence-corrected chi connectivity index (χ2v) is 7.22. The Labute approximate surface area is 161 Å². The average molecular weight is 365 g/mol. The molecule has 0 N–H and O–H groups in total. The number of aryl methyl sites for hydroxylation is 2. The molecule has 0 radical (unpaired) electrons. The molecular formula is C22H27N3O2. The first-order valence-corrected chi connectivity index (χ1v) is 10.00. The van der Waals surface area contributed by atoms with Crippen LogP contribution in [0.25, 0.3) is 0 Å². The lowest BCUT2D eigenvalue weighted by Gasteiger charge is -2.36. The van der Waals surface area contributed by atoms with Crippen LogP contribution in [0.1, 0.15) is 41.4 Å². The van der Waals surface area contributed by atoms with Gasteiger partial charge in [-0.15, -0.1) is 0 Å². The van der Waals surface area contributed by atoms with Gasteiger partial charge in [0.15, 0.2) is 0 Å². The normalized spacial score (nSPS) is 16.8. The summed E-state index contributed by atoms with van der Waals surface area (Å²) in [6, 6.07) is 10.2. The van der Waals surface area contributed by atoms with Crippen molar-refractivity contribution in [2.75, 3.05) is 37.7 Å². The third-order valence-electron chi connectivity index (χ3n) is 5.49. The van der Waals surface area contributed by atoms with E-state index < -0.39 is 0 Å². The van der Waals surface area contributed by atoms with Crippen molar-refractivity contribution < 1.29 is 9.53 Å². The molecule has 0 unspecified atom stereocenters. The van der Waals surface area contributed by atoms with Gasteiger partial charge < -0.3 is 14.5 Å². The fourth-order valence-electron chi connectivity index (χ4n) is 4.03. The SMILES string of the molecule is CCOc1ccccc1N1CCN(C(=O)c2cnc3c(c2)CCCC3)CC1. The number of ether oxygens (including phenoxy) is 1. The van der Waals surface area contributed by atoms with E-state index in [0.29, 0.717) is 6.61 Å². The summed E-state index contributed by atoms with van der Waals surface area (Å²) in [7, 11) is 0. The van der Waals surface area contributed by atoms with Crippen molar-refractivity contribution in [1.29, 1.82) is 0 Å². The van der Waals surface area contributed by atoms with Gasteiger partial charge in [0.05, 0.1) is 17.9 Å². The number of carbonyl (C=O) groups excluding carboxylic acids is 1. The largest absolute Gasteiger partial charge is 0.492 e. The highest BCUT2D eigenvalue weighted by Gasteiger charge is 2.24. The lowest BCUT2D eigenvalue weighted by molar-refractivity contribution is 0.0746. The predicted octanol–water partition coefficient (Wildman–Crippen LogP) is 3.32. The van der Waals surface area contributed by atoms with Gasteiger partial charge in [0.1, 0.15) is 5.75 Å². The highest BCUT2D eigenvalue weighted by molar-refractivity contribution is 5.94. The van der Waals surface area contributed by atoms with E-state index in [9.17, 15) is 4.79 Å². The highest BCUT2D eigenvalue weighted by atomic mass is 16.5. The standard InChI is InChI=1S/C22H27N3O2/c1-2-27-21-10-6-5-9-20(21)24-11-13-25(14-12-24)22(26)18-15-17-7-3-4-8-19(17)23-16-18/h5-6,9-10,15-16H,2-4,7-8,11-14H2,1H3. The molecule has 0 saturated carbocycles. The van der Waals surface area contributed by atoms with E-state index >= 15 is 0 Å². The van der Waals surface area contributed by atoms with E-state index in [0.717, 1.165) is 56.0 Å².